The Morgan fingerprint density at radius 3 is 2.19 bits per heavy atom. The van der Waals surface area contributed by atoms with Crippen molar-refractivity contribution < 1.29 is 9.59 Å². The molecule has 0 saturated heterocycles. The number of carbonyl (C=O) groups is 2. The Balaban J connectivity index is 1.77. The number of carbonyl (C=O) groups excluding carboxylic acids is 2. The molecule has 130 valence electrons. The molecule has 27 heavy (non-hydrogen) atoms. The summed E-state index contributed by atoms with van der Waals surface area (Å²) in [5.74, 6) is 0.379. The van der Waals surface area contributed by atoms with Gasteiger partial charge in [-0.1, -0.05) is 48.5 Å². The highest BCUT2D eigenvalue weighted by Gasteiger charge is 2.65. The molecule has 2 aliphatic rings. The molecule has 3 nitrogen and oxygen atoms in total. The summed E-state index contributed by atoms with van der Waals surface area (Å²) in [5, 5.41) is 3.02. The Kier molecular flexibility index (Phi) is 3.44. The molecule has 3 heteroatoms. The number of amides is 1. The fourth-order valence-electron chi connectivity index (χ4n) is 4.70. The number of hydrogen-bond acceptors (Lipinski definition) is 2. The van der Waals surface area contributed by atoms with Crippen LogP contribution in [0.15, 0.2) is 84.9 Å². The van der Waals surface area contributed by atoms with E-state index >= 15 is 0 Å². The van der Waals surface area contributed by atoms with Crippen LogP contribution in [0.4, 0.5) is 5.69 Å². The van der Waals surface area contributed by atoms with E-state index in [4.69, 9.17) is 0 Å². The zero-order chi connectivity index (χ0) is 18.4. The third-order valence-electron chi connectivity index (χ3n) is 5.80. The molecule has 0 radical (unpaired) electrons. The van der Waals surface area contributed by atoms with Crippen molar-refractivity contribution in [3.8, 4) is 0 Å². The summed E-state index contributed by atoms with van der Waals surface area (Å²) < 4.78 is 0. The highest BCUT2D eigenvalue weighted by Crippen LogP contribution is 2.59. The Morgan fingerprint density at radius 2 is 1.44 bits per heavy atom. The fraction of sp³-hybridized carbons (Fsp3) is 0.125. The highest BCUT2D eigenvalue weighted by atomic mass is 16.2. The van der Waals surface area contributed by atoms with Gasteiger partial charge in [0, 0.05) is 24.2 Å². The molecule has 1 N–H and O–H groups in total. The van der Waals surface area contributed by atoms with Gasteiger partial charge in [-0.2, -0.15) is 0 Å². The van der Waals surface area contributed by atoms with Crippen molar-refractivity contribution in [3.63, 3.8) is 0 Å². The molecule has 0 aromatic heterocycles. The Morgan fingerprint density at radius 1 is 0.815 bits per heavy atom. The van der Waals surface area contributed by atoms with Crippen LogP contribution in [0, 0.1) is 5.92 Å². The summed E-state index contributed by atoms with van der Waals surface area (Å²) >= 11 is 0. The van der Waals surface area contributed by atoms with Crippen LogP contribution in [-0.4, -0.2) is 11.7 Å². The van der Waals surface area contributed by atoms with Gasteiger partial charge in [0.15, 0.2) is 0 Å². The summed E-state index contributed by atoms with van der Waals surface area (Å²) in [6, 6.07) is 27.4. The normalized spacial score (nSPS) is 23.6. The van der Waals surface area contributed by atoms with E-state index < -0.39 is 5.41 Å². The molecule has 1 aliphatic carbocycles. The van der Waals surface area contributed by atoms with Crippen molar-refractivity contribution >= 4 is 17.4 Å². The van der Waals surface area contributed by atoms with Crippen LogP contribution in [-0.2, 0) is 15.0 Å². The minimum absolute atomic E-state index is 0.0434. The second kappa shape index (κ2) is 5.85. The minimum Gasteiger partial charge on any atom is -0.325 e. The van der Waals surface area contributed by atoms with Gasteiger partial charge < -0.3 is 5.32 Å². The predicted octanol–water partition coefficient (Wildman–Crippen LogP) is 4.26. The Bertz CT molecular complexity index is 1030. The molecule has 2 atom stereocenters. The number of hydrogen-bond donors (Lipinski definition) is 1. The van der Waals surface area contributed by atoms with Crippen LogP contribution in [0.3, 0.4) is 0 Å². The summed E-state index contributed by atoms with van der Waals surface area (Å²) in [5.41, 5.74) is 2.73. The number of benzene rings is 3. The third kappa shape index (κ3) is 2.18. The van der Waals surface area contributed by atoms with Crippen molar-refractivity contribution in [1.29, 1.82) is 0 Å². The molecular weight excluding hydrogens is 334 g/mol. The van der Waals surface area contributed by atoms with Crippen molar-refractivity contribution in [2.24, 2.45) is 0 Å². The van der Waals surface area contributed by atoms with Gasteiger partial charge in [-0.15, -0.1) is 0 Å². The van der Waals surface area contributed by atoms with Gasteiger partial charge in [0.1, 0.15) is 16.9 Å². The second-order valence-electron chi connectivity index (χ2n) is 7.19. The molecule has 1 saturated carbocycles. The first-order valence-corrected chi connectivity index (χ1v) is 9.13. The fourth-order valence-corrected chi connectivity index (χ4v) is 4.70. The van der Waals surface area contributed by atoms with Gasteiger partial charge in [-0.25, -0.2) is 0 Å². The number of para-hydroxylation sites is 1. The standard InChI is InChI=1S/C24H17NO2/c26-20-15-24(18-13-7-8-14-19(18)25-23(24)27)22(17-11-5-2-6-12-17)21(20)16-9-3-1-4-10-16/h1-14,22H,15H2/p+1. The first-order chi connectivity index (χ1) is 13.2. The number of anilines is 1. The predicted molar refractivity (Wildman–Crippen MR) is 104 cm³/mol. The maximum Gasteiger partial charge on any atom is 0.237 e. The smallest absolute Gasteiger partial charge is 0.237 e. The van der Waals surface area contributed by atoms with E-state index in [0.29, 0.717) is 0 Å². The lowest BCUT2D eigenvalue weighted by molar-refractivity contribution is -0.123. The van der Waals surface area contributed by atoms with Crippen molar-refractivity contribution in [3.05, 3.63) is 108 Å². The number of Topliss-reactive ketones (excluding diaryl/α,β-unsaturated/α-hetero) is 1. The van der Waals surface area contributed by atoms with Crippen LogP contribution in [0.1, 0.15) is 29.0 Å². The van der Waals surface area contributed by atoms with Crippen molar-refractivity contribution in [2.45, 2.75) is 17.8 Å². The lowest BCUT2D eigenvalue weighted by Crippen LogP contribution is -2.38. The summed E-state index contributed by atoms with van der Waals surface area (Å²) in [4.78, 5) is 26.5. The zero-order valence-electron chi connectivity index (χ0n) is 14.7. The van der Waals surface area contributed by atoms with Gasteiger partial charge in [0.25, 0.3) is 0 Å². The molecule has 3 aromatic rings. The van der Waals surface area contributed by atoms with Crippen LogP contribution in [0.25, 0.3) is 0 Å². The van der Waals surface area contributed by atoms with Crippen molar-refractivity contribution in [1.82, 2.24) is 0 Å². The van der Waals surface area contributed by atoms with E-state index in [2.05, 4.69) is 5.32 Å². The molecule has 0 bridgehead atoms. The number of fused-ring (bicyclic) bond motifs is 2. The van der Waals surface area contributed by atoms with Gasteiger partial charge >= 0.3 is 0 Å². The average molecular weight is 352 g/mol. The molecule has 3 aromatic carbocycles. The number of ketones is 1. The number of rotatable bonds is 2. The third-order valence-corrected chi connectivity index (χ3v) is 5.80. The maximum absolute atomic E-state index is 13.3. The van der Waals surface area contributed by atoms with Crippen LogP contribution >= 0.6 is 0 Å². The Labute approximate surface area is 158 Å². The summed E-state index contributed by atoms with van der Waals surface area (Å²) in [6.07, 6.45) is 0.194. The van der Waals surface area contributed by atoms with E-state index in [1.54, 1.807) is 0 Å². The zero-order valence-corrected chi connectivity index (χ0v) is 14.7. The quantitative estimate of drug-likeness (QED) is 0.701. The highest BCUT2D eigenvalue weighted by molar-refractivity contribution is 6.16. The SMILES string of the molecule is O=C1CC2(C(=O)Nc3ccccc32)C(c2ccccc2)[C+]1c1ccccc1. The maximum atomic E-state index is 13.3. The molecule has 1 fully saturated rings. The van der Waals surface area contributed by atoms with Crippen molar-refractivity contribution in [2.75, 3.05) is 5.32 Å². The summed E-state index contributed by atoms with van der Waals surface area (Å²) in [7, 11) is 0. The first-order valence-electron chi connectivity index (χ1n) is 9.13. The Hall–Kier alpha value is -3.33. The molecule has 5 rings (SSSR count). The molecule has 1 aliphatic heterocycles. The second-order valence-corrected chi connectivity index (χ2v) is 7.19. The molecule has 1 amide bonds. The molecule has 2 unspecified atom stereocenters. The van der Waals surface area contributed by atoms with E-state index in [0.717, 1.165) is 28.3 Å². The lowest BCUT2D eigenvalue weighted by atomic mass is 9.67. The van der Waals surface area contributed by atoms with E-state index in [1.807, 2.05) is 84.9 Å². The van der Waals surface area contributed by atoms with Crippen LogP contribution < -0.4 is 5.32 Å². The van der Waals surface area contributed by atoms with Crippen LogP contribution in [0.5, 0.6) is 0 Å². The summed E-state index contributed by atoms with van der Waals surface area (Å²) in [6.45, 7) is 0. The molecule has 1 heterocycles. The van der Waals surface area contributed by atoms with Gasteiger partial charge in [-0.3, -0.25) is 9.59 Å². The van der Waals surface area contributed by atoms with E-state index in [9.17, 15) is 9.59 Å². The van der Waals surface area contributed by atoms with E-state index in [-0.39, 0.29) is 24.0 Å². The van der Waals surface area contributed by atoms with Gasteiger partial charge in [0.2, 0.25) is 11.7 Å². The van der Waals surface area contributed by atoms with Crippen LogP contribution in [0.2, 0.25) is 0 Å². The van der Waals surface area contributed by atoms with Gasteiger partial charge in [0.05, 0.1) is 5.92 Å². The molecule has 1 spiro atoms. The molecular formula is C24H18NO2+. The van der Waals surface area contributed by atoms with E-state index in [1.165, 1.54) is 0 Å². The average Bonchev–Trinajstić information content (AvgIpc) is 3.18. The largest absolute Gasteiger partial charge is 0.325 e. The minimum atomic E-state index is -0.889. The monoisotopic (exact) mass is 352 g/mol. The number of nitrogens with one attached hydrogen (secondary N) is 1. The van der Waals surface area contributed by atoms with Gasteiger partial charge in [-0.05, 0) is 35.4 Å². The lowest BCUT2D eigenvalue weighted by Gasteiger charge is -2.29. The first kappa shape index (κ1) is 15.9. The topological polar surface area (TPSA) is 46.2 Å².